The summed E-state index contributed by atoms with van der Waals surface area (Å²) in [4.78, 5) is 14.2. The zero-order valence-electron chi connectivity index (χ0n) is 10.9. The van der Waals surface area contributed by atoms with Crippen molar-refractivity contribution in [3.8, 4) is 0 Å². The molecule has 1 amide bonds. The van der Waals surface area contributed by atoms with E-state index in [1.54, 1.807) is 0 Å². The molecule has 4 nitrogen and oxygen atoms in total. The van der Waals surface area contributed by atoms with E-state index < -0.39 is 0 Å². The zero-order chi connectivity index (χ0) is 12.6. The predicted octanol–water partition coefficient (Wildman–Crippen LogP) is 1.72. The molecule has 0 bridgehead atoms. The molecular formula is C13H20N2O2. The standard InChI is InChI=1S/C13H20N2O2/c1-8-5-11(4)17-12(8)13(16)15-6-9(2)14-10(3)7-15/h5,9-10,14H,6-7H2,1-4H3/t9-,10-/m0/s1. The Morgan fingerprint density at radius 2 is 1.94 bits per heavy atom. The molecule has 1 saturated heterocycles. The Balaban J connectivity index is 2.17. The number of nitrogens with zero attached hydrogens (tertiary/aromatic N) is 1. The molecule has 2 heterocycles. The van der Waals surface area contributed by atoms with E-state index in [0.29, 0.717) is 17.8 Å². The van der Waals surface area contributed by atoms with Crippen molar-refractivity contribution in [1.82, 2.24) is 10.2 Å². The first-order valence-electron chi connectivity index (χ1n) is 6.09. The molecule has 2 rings (SSSR count). The van der Waals surface area contributed by atoms with Crippen LogP contribution < -0.4 is 5.32 Å². The van der Waals surface area contributed by atoms with E-state index in [0.717, 1.165) is 24.4 Å². The maximum absolute atomic E-state index is 12.3. The van der Waals surface area contributed by atoms with Gasteiger partial charge in [0.1, 0.15) is 5.76 Å². The third-order valence-electron chi connectivity index (χ3n) is 3.08. The monoisotopic (exact) mass is 236 g/mol. The lowest BCUT2D eigenvalue weighted by atomic mass is 10.1. The van der Waals surface area contributed by atoms with Crippen LogP contribution in [0.3, 0.4) is 0 Å². The van der Waals surface area contributed by atoms with E-state index in [9.17, 15) is 4.79 Å². The Hall–Kier alpha value is -1.29. The van der Waals surface area contributed by atoms with Gasteiger partial charge in [-0.1, -0.05) is 0 Å². The highest BCUT2D eigenvalue weighted by molar-refractivity contribution is 5.93. The molecule has 0 unspecified atom stereocenters. The van der Waals surface area contributed by atoms with Crippen LogP contribution in [0.1, 0.15) is 35.7 Å². The summed E-state index contributed by atoms with van der Waals surface area (Å²) in [7, 11) is 0. The van der Waals surface area contributed by atoms with E-state index in [4.69, 9.17) is 4.42 Å². The van der Waals surface area contributed by atoms with E-state index in [1.807, 2.05) is 24.8 Å². The number of rotatable bonds is 1. The number of amides is 1. The van der Waals surface area contributed by atoms with Crippen molar-refractivity contribution in [2.75, 3.05) is 13.1 Å². The first-order chi connectivity index (χ1) is 7.97. The maximum atomic E-state index is 12.3. The second-order valence-corrected chi connectivity index (χ2v) is 5.05. The van der Waals surface area contributed by atoms with Gasteiger partial charge in [-0.3, -0.25) is 4.79 Å². The fraction of sp³-hybridized carbons (Fsp3) is 0.615. The second kappa shape index (κ2) is 4.53. The molecule has 1 fully saturated rings. The molecule has 0 aromatic carbocycles. The Morgan fingerprint density at radius 3 is 2.41 bits per heavy atom. The van der Waals surface area contributed by atoms with Gasteiger partial charge in [0.05, 0.1) is 0 Å². The van der Waals surface area contributed by atoms with Crippen LogP contribution in [-0.2, 0) is 0 Å². The van der Waals surface area contributed by atoms with E-state index in [-0.39, 0.29) is 5.91 Å². The van der Waals surface area contributed by atoms with Crippen LogP contribution in [-0.4, -0.2) is 36.0 Å². The SMILES string of the molecule is Cc1cc(C)c(C(=O)N2C[C@H](C)N[C@@H](C)C2)o1. The molecule has 4 heteroatoms. The fourth-order valence-corrected chi connectivity index (χ4v) is 2.49. The Morgan fingerprint density at radius 1 is 1.35 bits per heavy atom. The number of nitrogens with one attached hydrogen (secondary N) is 1. The number of carbonyl (C=O) groups is 1. The van der Waals surface area contributed by atoms with Gasteiger partial charge in [0.15, 0.2) is 5.76 Å². The number of aryl methyl sites for hydroxylation is 2. The molecule has 94 valence electrons. The summed E-state index contributed by atoms with van der Waals surface area (Å²) >= 11 is 0. The molecule has 1 N–H and O–H groups in total. The minimum Gasteiger partial charge on any atom is -0.456 e. The van der Waals surface area contributed by atoms with Crippen LogP contribution >= 0.6 is 0 Å². The lowest BCUT2D eigenvalue weighted by molar-refractivity contribution is 0.0639. The van der Waals surface area contributed by atoms with E-state index >= 15 is 0 Å². The number of piperazine rings is 1. The molecule has 1 aromatic rings. The van der Waals surface area contributed by atoms with Crippen molar-refractivity contribution >= 4 is 5.91 Å². The first-order valence-corrected chi connectivity index (χ1v) is 6.09. The molecule has 0 aliphatic carbocycles. The second-order valence-electron chi connectivity index (χ2n) is 5.05. The van der Waals surface area contributed by atoms with Crippen LogP contribution in [0.2, 0.25) is 0 Å². The van der Waals surface area contributed by atoms with Crippen LogP contribution in [0, 0.1) is 13.8 Å². The quantitative estimate of drug-likeness (QED) is 0.807. The lowest BCUT2D eigenvalue weighted by Crippen LogP contribution is -2.55. The van der Waals surface area contributed by atoms with Crippen molar-refractivity contribution in [3.63, 3.8) is 0 Å². The lowest BCUT2D eigenvalue weighted by Gasteiger charge is -2.35. The van der Waals surface area contributed by atoms with Gasteiger partial charge >= 0.3 is 0 Å². The summed E-state index contributed by atoms with van der Waals surface area (Å²) < 4.78 is 5.49. The summed E-state index contributed by atoms with van der Waals surface area (Å²) in [5.41, 5.74) is 0.923. The maximum Gasteiger partial charge on any atom is 0.289 e. The topological polar surface area (TPSA) is 45.5 Å². The van der Waals surface area contributed by atoms with Crippen molar-refractivity contribution in [2.24, 2.45) is 0 Å². The smallest absolute Gasteiger partial charge is 0.289 e. The molecule has 1 aliphatic rings. The third kappa shape index (κ3) is 2.52. The number of hydrogen-bond acceptors (Lipinski definition) is 3. The summed E-state index contributed by atoms with van der Waals surface area (Å²) in [6.45, 7) is 9.45. The largest absolute Gasteiger partial charge is 0.456 e. The summed E-state index contributed by atoms with van der Waals surface area (Å²) in [6.07, 6.45) is 0. The first kappa shape index (κ1) is 12.2. The normalized spacial score (nSPS) is 25.1. The molecule has 17 heavy (non-hydrogen) atoms. The molecular weight excluding hydrogens is 216 g/mol. The van der Waals surface area contributed by atoms with Gasteiger partial charge in [-0.2, -0.15) is 0 Å². The molecule has 0 spiro atoms. The van der Waals surface area contributed by atoms with Gasteiger partial charge in [-0.25, -0.2) is 0 Å². The third-order valence-corrected chi connectivity index (χ3v) is 3.08. The van der Waals surface area contributed by atoms with Gasteiger partial charge in [-0.15, -0.1) is 0 Å². The van der Waals surface area contributed by atoms with Crippen LogP contribution in [0.4, 0.5) is 0 Å². The van der Waals surface area contributed by atoms with Crippen molar-refractivity contribution < 1.29 is 9.21 Å². The van der Waals surface area contributed by atoms with Crippen LogP contribution in [0.5, 0.6) is 0 Å². The van der Waals surface area contributed by atoms with Crippen molar-refractivity contribution in [1.29, 1.82) is 0 Å². The average molecular weight is 236 g/mol. The van der Waals surface area contributed by atoms with Gasteiger partial charge in [0.25, 0.3) is 5.91 Å². The van der Waals surface area contributed by atoms with Gasteiger partial charge in [0.2, 0.25) is 0 Å². The summed E-state index contributed by atoms with van der Waals surface area (Å²) in [6, 6.07) is 2.57. The average Bonchev–Trinajstić information content (AvgIpc) is 2.55. The predicted molar refractivity (Wildman–Crippen MR) is 66.1 cm³/mol. The summed E-state index contributed by atoms with van der Waals surface area (Å²) in [5, 5.41) is 3.41. The molecule has 1 aliphatic heterocycles. The minimum atomic E-state index is 0.0100. The highest BCUT2D eigenvalue weighted by Crippen LogP contribution is 2.17. The summed E-state index contributed by atoms with van der Waals surface area (Å²) in [5.74, 6) is 1.29. The van der Waals surface area contributed by atoms with Crippen LogP contribution in [0.15, 0.2) is 10.5 Å². The highest BCUT2D eigenvalue weighted by Gasteiger charge is 2.28. The molecule has 1 aromatic heterocycles. The van der Waals surface area contributed by atoms with Crippen molar-refractivity contribution in [3.05, 3.63) is 23.2 Å². The number of carbonyl (C=O) groups excluding carboxylic acids is 1. The fourth-order valence-electron chi connectivity index (χ4n) is 2.49. The van der Waals surface area contributed by atoms with Gasteiger partial charge < -0.3 is 14.6 Å². The van der Waals surface area contributed by atoms with E-state index in [2.05, 4.69) is 19.2 Å². The minimum absolute atomic E-state index is 0.0100. The zero-order valence-corrected chi connectivity index (χ0v) is 10.9. The van der Waals surface area contributed by atoms with Crippen LogP contribution in [0.25, 0.3) is 0 Å². The highest BCUT2D eigenvalue weighted by atomic mass is 16.4. The Labute approximate surface area is 102 Å². The molecule has 0 saturated carbocycles. The van der Waals surface area contributed by atoms with E-state index in [1.165, 1.54) is 0 Å². The Bertz CT molecular complexity index is 415. The Kier molecular flexibility index (Phi) is 3.24. The number of furan rings is 1. The number of hydrogen-bond donors (Lipinski definition) is 1. The van der Waals surface area contributed by atoms with Crippen molar-refractivity contribution in [2.45, 2.75) is 39.8 Å². The van der Waals surface area contributed by atoms with Gasteiger partial charge in [-0.05, 0) is 33.8 Å². The molecule has 0 radical (unpaired) electrons. The molecule has 2 atom stereocenters. The van der Waals surface area contributed by atoms with Gasteiger partial charge in [0, 0.05) is 30.7 Å².